The van der Waals surface area contributed by atoms with Gasteiger partial charge in [0.2, 0.25) is 0 Å². The molecule has 0 saturated carbocycles. The maximum absolute atomic E-state index is 12.1. The number of rotatable bonds is 3. The molecule has 1 saturated heterocycles. The van der Waals surface area contributed by atoms with Crippen molar-refractivity contribution in [1.29, 1.82) is 0 Å². The van der Waals surface area contributed by atoms with Gasteiger partial charge in [0, 0.05) is 11.8 Å². The van der Waals surface area contributed by atoms with Crippen LogP contribution in [0.4, 0.5) is 0 Å². The highest BCUT2D eigenvalue weighted by molar-refractivity contribution is 5.87. The Hall–Kier alpha value is -1.15. The van der Waals surface area contributed by atoms with Gasteiger partial charge in [-0.1, -0.05) is 44.2 Å². The molecule has 0 bridgehead atoms. The molecular weight excluding hydrogens is 198 g/mol. The zero-order valence-corrected chi connectivity index (χ0v) is 9.94. The van der Waals surface area contributed by atoms with Crippen LogP contribution in [0.2, 0.25) is 0 Å². The van der Waals surface area contributed by atoms with Crippen LogP contribution in [-0.4, -0.2) is 18.4 Å². The summed E-state index contributed by atoms with van der Waals surface area (Å²) < 4.78 is 0. The molecule has 1 aliphatic rings. The normalized spacial score (nSPS) is 24.9. The van der Waals surface area contributed by atoms with Crippen LogP contribution in [0.25, 0.3) is 0 Å². The summed E-state index contributed by atoms with van der Waals surface area (Å²) in [5, 5.41) is 3.34. The molecule has 2 rings (SSSR count). The van der Waals surface area contributed by atoms with Crippen LogP contribution in [0.5, 0.6) is 0 Å². The first-order valence-electron chi connectivity index (χ1n) is 6.02. The van der Waals surface area contributed by atoms with Crippen molar-refractivity contribution in [3.05, 3.63) is 35.9 Å². The Kier molecular flexibility index (Phi) is 3.39. The topological polar surface area (TPSA) is 29.1 Å². The summed E-state index contributed by atoms with van der Waals surface area (Å²) in [4.78, 5) is 12.1. The van der Waals surface area contributed by atoms with E-state index in [-0.39, 0.29) is 12.0 Å². The van der Waals surface area contributed by atoms with Crippen molar-refractivity contribution in [2.24, 2.45) is 5.92 Å². The molecule has 0 spiro atoms. The van der Waals surface area contributed by atoms with E-state index in [2.05, 4.69) is 17.4 Å². The van der Waals surface area contributed by atoms with E-state index in [1.165, 1.54) is 5.56 Å². The van der Waals surface area contributed by atoms with Gasteiger partial charge in [0.25, 0.3) is 0 Å². The third-order valence-electron chi connectivity index (χ3n) is 3.33. The molecule has 2 nitrogen and oxygen atoms in total. The van der Waals surface area contributed by atoms with Gasteiger partial charge in [-0.15, -0.1) is 0 Å². The second-order valence-electron chi connectivity index (χ2n) is 4.79. The van der Waals surface area contributed by atoms with E-state index in [9.17, 15) is 4.79 Å². The van der Waals surface area contributed by atoms with Crippen molar-refractivity contribution in [3.8, 4) is 0 Å². The lowest BCUT2D eigenvalue weighted by Crippen LogP contribution is -2.37. The van der Waals surface area contributed by atoms with E-state index in [1.807, 2.05) is 32.0 Å². The fourth-order valence-electron chi connectivity index (χ4n) is 2.42. The number of hydrogen-bond acceptors (Lipinski definition) is 2. The number of carbonyl (C=O) groups is 1. The lowest BCUT2D eigenvalue weighted by atomic mass is 9.86. The van der Waals surface area contributed by atoms with Gasteiger partial charge in [-0.05, 0) is 18.5 Å². The van der Waals surface area contributed by atoms with Crippen LogP contribution in [0.3, 0.4) is 0 Å². The highest BCUT2D eigenvalue weighted by Crippen LogP contribution is 2.29. The van der Waals surface area contributed by atoms with Gasteiger partial charge in [-0.25, -0.2) is 0 Å². The minimum atomic E-state index is 0.0161. The third kappa shape index (κ3) is 2.17. The van der Waals surface area contributed by atoms with Crippen LogP contribution < -0.4 is 5.32 Å². The average Bonchev–Trinajstić information content (AvgIpc) is 2.77. The molecular formula is C14H19NO. The largest absolute Gasteiger partial charge is 0.307 e. The quantitative estimate of drug-likeness (QED) is 0.842. The second kappa shape index (κ2) is 4.79. The van der Waals surface area contributed by atoms with Crippen LogP contribution in [0.1, 0.15) is 31.7 Å². The summed E-state index contributed by atoms with van der Waals surface area (Å²) in [6.07, 6.45) is 1.06. The smallest absolute Gasteiger partial charge is 0.152 e. The molecule has 0 amide bonds. The first-order valence-corrected chi connectivity index (χ1v) is 6.02. The van der Waals surface area contributed by atoms with Gasteiger partial charge >= 0.3 is 0 Å². The van der Waals surface area contributed by atoms with E-state index in [4.69, 9.17) is 0 Å². The van der Waals surface area contributed by atoms with Gasteiger partial charge in [-0.3, -0.25) is 4.79 Å². The van der Waals surface area contributed by atoms with Crippen molar-refractivity contribution >= 4 is 5.78 Å². The van der Waals surface area contributed by atoms with Crippen molar-refractivity contribution < 1.29 is 4.79 Å². The zero-order valence-electron chi connectivity index (χ0n) is 9.94. The Balaban J connectivity index is 2.19. The van der Waals surface area contributed by atoms with Crippen molar-refractivity contribution in [3.63, 3.8) is 0 Å². The molecule has 1 aromatic carbocycles. The van der Waals surface area contributed by atoms with Gasteiger partial charge in [0.05, 0.1) is 6.04 Å². The van der Waals surface area contributed by atoms with E-state index in [0.717, 1.165) is 13.0 Å². The summed E-state index contributed by atoms with van der Waals surface area (Å²) in [7, 11) is 0. The maximum atomic E-state index is 12.1. The molecule has 2 atom stereocenters. The van der Waals surface area contributed by atoms with Gasteiger partial charge < -0.3 is 5.32 Å². The Bertz CT molecular complexity index is 358. The van der Waals surface area contributed by atoms with E-state index >= 15 is 0 Å². The molecule has 1 aliphatic heterocycles. The summed E-state index contributed by atoms with van der Waals surface area (Å²) >= 11 is 0. The predicted molar refractivity (Wildman–Crippen MR) is 65.4 cm³/mol. The lowest BCUT2D eigenvalue weighted by Gasteiger charge is -2.20. The minimum absolute atomic E-state index is 0.0161. The van der Waals surface area contributed by atoms with Gasteiger partial charge in [0.15, 0.2) is 5.78 Å². The fraction of sp³-hybridized carbons (Fsp3) is 0.500. The first kappa shape index (κ1) is 11.3. The highest BCUT2D eigenvalue weighted by atomic mass is 16.1. The Morgan fingerprint density at radius 2 is 2.00 bits per heavy atom. The molecule has 1 N–H and O–H groups in total. The van der Waals surface area contributed by atoms with E-state index in [0.29, 0.717) is 11.7 Å². The van der Waals surface area contributed by atoms with E-state index < -0.39 is 0 Å². The highest BCUT2D eigenvalue weighted by Gasteiger charge is 2.34. The molecule has 0 aliphatic carbocycles. The number of nitrogens with one attached hydrogen (secondary N) is 1. The Labute approximate surface area is 97.1 Å². The van der Waals surface area contributed by atoms with Crippen LogP contribution in [0, 0.1) is 5.92 Å². The zero-order chi connectivity index (χ0) is 11.5. The summed E-state index contributed by atoms with van der Waals surface area (Å²) in [5.74, 6) is 0.810. The molecule has 1 aromatic rings. The molecule has 0 aromatic heterocycles. The van der Waals surface area contributed by atoms with Crippen molar-refractivity contribution in [2.75, 3.05) is 6.54 Å². The molecule has 1 heterocycles. The Morgan fingerprint density at radius 1 is 1.31 bits per heavy atom. The van der Waals surface area contributed by atoms with Gasteiger partial charge in [0.1, 0.15) is 0 Å². The van der Waals surface area contributed by atoms with Crippen LogP contribution >= 0.6 is 0 Å². The first-order chi connectivity index (χ1) is 7.70. The SMILES string of the molecule is CC(C)C(=O)[C@H]1NCC[C@@H]1c1ccccc1. The standard InChI is InChI=1S/C14H19NO/c1-10(2)14(16)13-12(8-9-15-13)11-6-4-3-5-7-11/h3-7,10,12-13,15H,8-9H2,1-2H3/t12-,13+/m1/s1. The number of Topliss-reactive ketones (excluding diaryl/α,β-unsaturated/α-hetero) is 1. The Morgan fingerprint density at radius 3 is 2.62 bits per heavy atom. The van der Waals surface area contributed by atoms with E-state index in [1.54, 1.807) is 0 Å². The number of hydrogen-bond donors (Lipinski definition) is 1. The van der Waals surface area contributed by atoms with Crippen LogP contribution in [-0.2, 0) is 4.79 Å². The second-order valence-corrected chi connectivity index (χ2v) is 4.79. The van der Waals surface area contributed by atoms with Gasteiger partial charge in [-0.2, -0.15) is 0 Å². The number of ketones is 1. The molecule has 86 valence electrons. The summed E-state index contributed by atoms with van der Waals surface area (Å²) in [6, 6.07) is 10.4. The summed E-state index contributed by atoms with van der Waals surface area (Å²) in [5.41, 5.74) is 1.28. The fourth-order valence-corrected chi connectivity index (χ4v) is 2.42. The molecule has 1 fully saturated rings. The monoisotopic (exact) mass is 217 g/mol. The van der Waals surface area contributed by atoms with Crippen molar-refractivity contribution in [1.82, 2.24) is 5.32 Å². The number of carbonyl (C=O) groups excluding carboxylic acids is 1. The predicted octanol–water partition coefficient (Wildman–Crippen LogP) is 2.36. The average molecular weight is 217 g/mol. The van der Waals surface area contributed by atoms with Crippen molar-refractivity contribution in [2.45, 2.75) is 32.2 Å². The number of benzene rings is 1. The summed E-state index contributed by atoms with van der Waals surface area (Å²) in [6.45, 7) is 4.90. The molecule has 2 heteroatoms. The van der Waals surface area contributed by atoms with Crippen LogP contribution in [0.15, 0.2) is 30.3 Å². The third-order valence-corrected chi connectivity index (χ3v) is 3.33. The lowest BCUT2D eigenvalue weighted by molar-refractivity contribution is -0.123. The maximum Gasteiger partial charge on any atom is 0.152 e. The molecule has 0 radical (unpaired) electrons. The molecule has 16 heavy (non-hydrogen) atoms. The molecule has 0 unspecified atom stereocenters. The minimum Gasteiger partial charge on any atom is -0.307 e.